The van der Waals surface area contributed by atoms with Crippen LogP contribution in [0.2, 0.25) is 0 Å². The van der Waals surface area contributed by atoms with Crippen molar-refractivity contribution in [1.82, 2.24) is 0 Å². The van der Waals surface area contributed by atoms with Crippen LogP contribution in [0.1, 0.15) is 11.1 Å². The molecule has 0 aliphatic heterocycles. The van der Waals surface area contributed by atoms with Gasteiger partial charge in [0.1, 0.15) is 0 Å². The summed E-state index contributed by atoms with van der Waals surface area (Å²) < 4.78 is 5.52. The summed E-state index contributed by atoms with van der Waals surface area (Å²) in [5, 5.41) is 0. The highest BCUT2D eigenvalue weighted by molar-refractivity contribution is 7.81. The molecule has 0 atom stereocenters. The Kier molecular flexibility index (Phi) is 3.32. The van der Waals surface area contributed by atoms with Gasteiger partial charge in [0.05, 0.1) is 0 Å². The largest absolute Gasteiger partial charge is 0.358 e. The molecule has 0 spiro atoms. The van der Waals surface area contributed by atoms with Gasteiger partial charge in [-0.15, -0.1) is 0 Å². The molecule has 0 aliphatic rings. The Hall–Kier alpha value is -1.25. The zero-order valence-electron chi connectivity index (χ0n) is 9.09. The maximum Gasteiger partial charge on any atom is 0.174 e. The molecule has 0 saturated carbocycles. The van der Waals surface area contributed by atoms with Crippen LogP contribution in [0.4, 0.5) is 0 Å². The molecule has 0 aliphatic carbocycles. The quantitative estimate of drug-likeness (QED) is 0.779. The van der Waals surface area contributed by atoms with Crippen LogP contribution in [0, 0.1) is 0 Å². The Labute approximate surface area is 101 Å². The Morgan fingerprint density at radius 3 is 1.50 bits per heavy atom. The summed E-state index contributed by atoms with van der Waals surface area (Å²) in [6.45, 7) is 0. The standard InChI is InChI=1S/C14H13OS/c1-15-14(16,12-8-4-2-5-9-12)13-10-6-3-7-11-13/h2-11H,1H3. The lowest BCUT2D eigenvalue weighted by molar-refractivity contribution is 0.106. The molecule has 2 heteroatoms. The lowest BCUT2D eigenvalue weighted by atomic mass is 10.0. The van der Waals surface area contributed by atoms with Crippen LogP contribution in [0.5, 0.6) is 0 Å². The van der Waals surface area contributed by atoms with Crippen molar-refractivity contribution in [2.24, 2.45) is 0 Å². The molecule has 0 bridgehead atoms. The first kappa shape index (κ1) is 11.2. The van der Waals surface area contributed by atoms with E-state index in [0.29, 0.717) is 0 Å². The fraction of sp³-hybridized carbons (Fsp3) is 0.143. The number of methoxy groups -OCH3 is 1. The molecule has 16 heavy (non-hydrogen) atoms. The van der Waals surface area contributed by atoms with Crippen molar-refractivity contribution in [3.05, 3.63) is 71.8 Å². The van der Waals surface area contributed by atoms with E-state index in [9.17, 15) is 0 Å². The van der Waals surface area contributed by atoms with Crippen LogP contribution in [0.15, 0.2) is 60.7 Å². The number of ether oxygens (including phenoxy) is 1. The van der Waals surface area contributed by atoms with Crippen molar-refractivity contribution in [3.63, 3.8) is 0 Å². The summed E-state index contributed by atoms with van der Waals surface area (Å²) >= 11 is 5.61. The molecule has 2 aromatic rings. The second-order valence-electron chi connectivity index (χ2n) is 3.55. The zero-order chi connectivity index (χ0) is 11.4. The van der Waals surface area contributed by atoms with Gasteiger partial charge in [-0.25, -0.2) is 0 Å². The summed E-state index contributed by atoms with van der Waals surface area (Å²) in [4.78, 5) is -0.789. The molecule has 0 saturated heterocycles. The van der Waals surface area contributed by atoms with E-state index >= 15 is 0 Å². The minimum absolute atomic E-state index is 0.789. The summed E-state index contributed by atoms with van der Waals surface area (Å²) in [5.74, 6) is 0. The molecular weight excluding hydrogens is 216 g/mol. The van der Waals surface area contributed by atoms with Crippen molar-refractivity contribution >= 4 is 12.6 Å². The topological polar surface area (TPSA) is 9.23 Å². The van der Waals surface area contributed by atoms with E-state index in [0.717, 1.165) is 11.1 Å². The van der Waals surface area contributed by atoms with Gasteiger partial charge in [0.25, 0.3) is 0 Å². The van der Waals surface area contributed by atoms with Crippen LogP contribution in [0.3, 0.4) is 0 Å². The SMILES string of the molecule is COC([S])(c1ccccc1)c1ccccc1. The molecule has 0 unspecified atom stereocenters. The summed E-state index contributed by atoms with van der Waals surface area (Å²) in [6, 6.07) is 19.8. The van der Waals surface area contributed by atoms with Crippen LogP contribution < -0.4 is 0 Å². The molecule has 2 aromatic carbocycles. The molecule has 81 valence electrons. The third-order valence-electron chi connectivity index (χ3n) is 2.60. The van der Waals surface area contributed by atoms with Gasteiger partial charge in [-0.1, -0.05) is 60.7 Å². The molecule has 0 N–H and O–H groups in total. The molecule has 2 rings (SSSR count). The van der Waals surface area contributed by atoms with E-state index in [2.05, 4.69) is 0 Å². The van der Waals surface area contributed by atoms with Crippen LogP contribution in [0.25, 0.3) is 0 Å². The predicted molar refractivity (Wildman–Crippen MR) is 68.3 cm³/mol. The van der Waals surface area contributed by atoms with E-state index < -0.39 is 4.93 Å². The van der Waals surface area contributed by atoms with Gasteiger partial charge in [0, 0.05) is 7.11 Å². The van der Waals surface area contributed by atoms with Gasteiger partial charge in [0.15, 0.2) is 4.93 Å². The van der Waals surface area contributed by atoms with E-state index in [4.69, 9.17) is 17.4 Å². The average molecular weight is 229 g/mol. The lowest BCUT2D eigenvalue weighted by Crippen LogP contribution is -2.22. The van der Waals surface area contributed by atoms with Crippen molar-refractivity contribution in [2.75, 3.05) is 7.11 Å². The minimum atomic E-state index is -0.789. The summed E-state index contributed by atoms with van der Waals surface area (Å²) in [7, 11) is 1.65. The van der Waals surface area contributed by atoms with Crippen LogP contribution >= 0.6 is 12.6 Å². The monoisotopic (exact) mass is 229 g/mol. The number of benzene rings is 2. The van der Waals surface area contributed by atoms with E-state index in [1.807, 2.05) is 60.7 Å². The number of hydrogen-bond acceptors (Lipinski definition) is 1. The highest BCUT2D eigenvalue weighted by atomic mass is 32.1. The van der Waals surface area contributed by atoms with Crippen molar-refractivity contribution in [2.45, 2.75) is 4.93 Å². The molecule has 0 fully saturated rings. The smallest absolute Gasteiger partial charge is 0.174 e. The summed E-state index contributed by atoms with van der Waals surface area (Å²) in [5.41, 5.74) is 1.97. The zero-order valence-corrected chi connectivity index (χ0v) is 9.91. The average Bonchev–Trinajstić information content (AvgIpc) is 2.40. The van der Waals surface area contributed by atoms with Crippen molar-refractivity contribution in [1.29, 1.82) is 0 Å². The third-order valence-corrected chi connectivity index (χ3v) is 3.23. The van der Waals surface area contributed by atoms with Gasteiger partial charge >= 0.3 is 0 Å². The highest BCUT2D eigenvalue weighted by Crippen LogP contribution is 2.36. The fourth-order valence-electron chi connectivity index (χ4n) is 1.72. The highest BCUT2D eigenvalue weighted by Gasteiger charge is 2.30. The van der Waals surface area contributed by atoms with Crippen LogP contribution in [-0.2, 0) is 9.67 Å². The van der Waals surface area contributed by atoms with E-state index in [-0.39, 0.29) is 0 Å². The lowest BCUT2D eigenvalue weighted by Gasteiger charge is -2.27. The second-order valence-corrected chi connectivity index (χ2v) is 4.13. The molecule has 0 heterocycles. The Morgan fingerprint density at radius 2 is 1.19 bits per heavy atom. The van der Waals surface area contributed by atoms with Gasteiger partial charge in [0.2, 0.25) is 0 Å². The van der Waals surface area contributed by atoms with Crippen LogP contribution in [-0.4, -0.2) is 7.11 Å². The van der Waals surface area contributed by atoms with Crippen molar-refractivity contribution < 1.29 is 4.74 Å². The number of rotatable bonds is 3. The first-order chi connectivity index (χ1) is 7.77. The molecule has 0 amide bonds. The van der Waals surface area contributed by atoms with Crippen molar-refractivity contribution in [3.8, 4) is 0 Å². The summed E-state index contributed by atoms with van der Waals surface area (Å²) in [6.07, 6.45) is 0. The molecule has 1 nitrogen and oxygen atoms in total. The van der Waals surface area contributed by atoms with Gasteiger partial charge in [-0.05, 0) is 23.8 Å². The van der Waals surface area contributed by atoms with E-state index in [1.165, 1.54) is 0 Å². The van der Waals surface area contributed by atoms with E-state index in [1.54, 1.807) is 7.11 Å². The van der Waals surface area contributed by atoms with Gasteiger partial charge in [-0.2, -0.15) is 0 Å². The Bertz CT molecular complexity index is 399. The second kappa shape index (κ2) is 4.73. The minimum Gasteiger partial charge on any atom is -0.358 e. The maximum absolute atomic E-state index is 5.61. The Morgan fingerprint density at radius 1 is 0.812 bits per heavy atom. The van der Waals surface area contributed by atoms with Gasteiger partial charge < -0.3 is 4.74 Å². The third kappa shape index (κ3) is 1.99. The molecular formula is C14H13OS. The normalized spacial score (nSPS) is 11.4. The first-order valence-electron chi connectivity index (χ1n) is 5.14. The maximum atomic E-state index is 5.61. The fourth-order valence-corrected chi connectivity index (χ4v) is 1.99. The number of hydrogen-bond donors (Lipinski definition) is 0. The molecule has 1 radical (unpaired) electrons. The predicted octanol–water partition coefficient (Wildman–Crippen LogP) is 3.73. The first-order valence-corrected chi connectivity index (χ1v) is 5.55. The van der Waals surface area contributed by atoms with Gasteiger partial charge in [-0.3, -0.25) is 0 Å². The molecule has 0 aromatic heterocycles. The Balaban J connectivity index is 2.49.